The smallest absolute Gasteiger partial charge is 0.273 e. The zero-order valence-corrected chi connectivity index (χ0v) is 17.0. The fraction of sp³-hybridized carbons (Fsp3) is 0.263. The monoisotopic (exact) mass is 433 g/mol. The van der Waals surface area contributed by atoms with Crippen molar-refractivity contribution in [1.29, 1.82) is 0 Å². The number of carbonyl (C=O) groups excluding carboxylic acids is 2. The molecule has 0 spiro atoms. The summed E-state index contributed by atoms with van der Waals surface area (Å²) in [5, 5.41) is 13.4. The Labute approximate surface area is 172 Å². The van der Waals surface area contributed by atoms with Gasteiger partial charge in [-0.25, -0.2) is 12.7 Å². The highest BCUT2D eigenvalue weighted by atomic mass is 32.2. The zero-order chi connectivity index (χ0) is 22.1. The lowest BCUT2D eigenvalue weighted by atomic mass is 10.2. The number of nitro benzene ring substituents is 1. The van der Waals surface area contributed by atoms with Crippen LogP contribution in [0.25, 0.3) is 0 Å². The maximum Gasteiger partial charge on any atom is 0.273 e. The Morgan fingerprint density at radius 1 is 1.23 bits per heavy atom. The number of non-ortho nitro benzene ring substituents is 1. The van der Waals surface area contributed by atoms with E-state index in [9.17, 15) is 28.1 Å². The van der Waals surface area contributed by atoms with Gasteiger partial charge in [0.25, 0.3) is 15.7 Å². The number of ether oxygens (including phenoxy) is 1. The first-order valence-corrected chi connectivity index (χ1v) is 10.4. The molecule has 0 aliphatic carbocycles. The Kier molecular flexibility index (Phi) is 5.74. The SMILES string of the molecule is COc1cc([N+](=O)[O-])ccc1NC(=O)C1CCC(=O)N1S(=O)(=O)c1ccc(C)cc1. The van der Waals surface area contributed by atoms with E-state index in [2.05, 4.69) is 5.32 Å². The summed E-state index contributed by atoms with van der Waals surface area (Å²) in [6.45, 7) is 1.80. The van der Waals surface area contributed by atoms with Gasteiger partial charge in [-0.05, 0) is 31.5 Å². The van der Waals surface area contributed by atoms with Gasteiger partial charge >= 0.3 is 0 Å². The van der Waals surface area contributed by atoms with Gasteiger partial charge in [0.1, 0.15) is 11.8 Å². The molecule has 0 aromatic heterocycles. The molecule has 2 aromatic carbocycles. The first kappa shape index (κ1) is 21.2. The number of sulfonamides is 1. The van der Waals surface area contributed by atoms with Crippen LogP contribution in [0.3, 0.4) is 0 Å². The Hall–Kier alpha value is -3.47. The summed E-state index contributed by atoms with van der Waals surface area (Å²) in [5.41, 5.74) is 0.742. The predicted octanol–water partition coefficient (Wildman–Crippen LogP) is 2.23. The Morgan fingerprint density at radius 2 is 1.90 bits per heavy atom. The Balaban J connectivity index is 1.89. The van der Waals surface area contributed by atoms with E-state index in [0.29, 0.717) is 4.31 Å². The van der Waals surface area contributed by atoms with E-state index in [1.54, 1.807) is 19.1 Å². The standard InChI is InChI=1S/C19H19N3O7S/c1-12-3-6-14(7-4-12)30(27,28)21-16(9-10-18(21)23)19(24)20-15-8-5-13(22(25)26)11-17(15)29-2/h3-8,11,16H,9-10H2,1-2H3,(H,20,24). The Morgan fingerprint density at radius 3 is 2.50 bits per heavy atom. The van der Waals surface area contributed by atoms with Crippen molar-refractivity contribution < 1.29 is 27.7 Å². The highest BCUT2D eigenvalue weighted by Crippen LogP contribution is 2.32. The molecule has 1 unspecified atom stereocenters. The lowest BCUT2D eigenvalue weighted by Crippen LogP contribution is -2.45. The largest absolute Gasteiger partial charge is 0.494 e. The van der Waals surface area contributed by atoms with Gasteiger partial charge in [-0.15, -0.1) is 0 Å². The Bertz CT molecular complexity index is 1110. The molecule has 0 saturated carbocycles. The van der Waals surface area contributed by atoms with Gasteiger partial charge in [-0.3, -0.25) is 19.7 Å². The minimum atomic E-state index is -4.22. The van der Waals surface area contributed by atoms with E-state index in [-0.39, 0.29) is 34.9 Å². The number of aryl methyl sites for hydroxylation is 1. The molecule has 1 atom stereocenters. The van der Waals surface area contributed by atoms with Crippen LogP contribution in [-0.2, 0) is 19.6 Å². The molecule has 1 saturated heterocycles. The van der Waals surface area contributed by atoms with Gasteiger partial charge in [0.05, 0.1) is 28.7 Å². The fourth-order valence-electron chi connectivity index (χ4n) is 3.14. The molecular weight excluding hydrogens is 414 g/mol. The third-order valence-electron chi connectivity index (χ3n) is 4.69. The topological polar surface area (TPSA) is 136 Å². The summed E-state index contributed by atoms with van der Waals surface area (Å²) in [6, 6.07) is 8.31. The number of benzene rings is 2. The van der Waals surface area contributed by atoms with Gasteiger partial charge in [-0.2, -0.15) is 0 Å². The number of anilines is 1. The number of hydrogen-bond acceptors (Lipinski definition) is 7. The highest BCUT2D eigenvalue weighted by molar-refractivity contribution is 7.89. The third-order valence-corrected chi connectivity index (χ3v) is 6.54. The zero-order valence-electron chi connectivity index (χ0n) is 16.2. The van der Waals surface area contributed by atoms with E-state index >= 15 is 0 Å². The molecule has 158 valence electrons. The summed E-state index contributed by atoms with van der Waals surface area (Å²) in [6.07, 6.45) is -0.0777. The predicted molar refractivity (Wildman–Crippen MR) is 107 cm³/mol. The molecule has 3 rings (SSSR count). The van der Waals surface area contributed by atoms with Gasteiger partial charge in [-0.1, -0.05) is 17.7 Å². The molecule has 0 radical (unpaired) electrons. The van der Waals surface area contributed by atoms with Gasteiger partial charge in [0.2, 0.25) is 11.8 Å². The van der Waals surface area contributed by atoms with Crippen molar-refractivity contribution in [2.45, 2.75) is 30.7 Å². The lowest BCUT2D eigenvalue weighted by Gasteiger charge is -2.24. The minimum Gasteiger partial charge on any atom is -0.494 e. The average Bonchev–Trinajstić information content (AvgIpc) is 3.11. The van der Waals surface area contributed by atoms with Crippen LogP contribution < -0.4 is 10.1 Å². The van der Waals surface area contributed by atoms with E-state index in [0.717, 1.165) is 11.6 Å². The van der Waals surface area contributed by atoms with E-state index in [1.165, 1.54) is 31.4 Å². The van der Waals surface area contributed by atoms with Gasteiger partial charge < -0.3 is 10.1 Å². The quantitative estimate of drug-likeness (QED) is 0.545. The second kappa shape index (κ2) is 8.11. The molecule has 2 aromatic rings. The number of hydrogen-bond donors (Lipinski definition) is 1. The number of amides is 2. The molecule has 10 nitrogen and oxygen atoms in total. The number of carbonyl (C=O) groups is 2. The van der Waals surface area contributed by atoms with Crippen molar-refractivity contribution in [2.24, 2.45) is 0 Å². The fourth-order valence-corrected chi connectivity index (χ4v) is 4.74. The van der Waals surface area contributed by atoms with Crippen LogP contribution in [0.4, 0.5) is 11.4 Å². The van der Waals surface area contributed by atoms with E-state index in [1.807, 2.05) is 0 Å². The van der Waals surface area contributed by atoms with Crippen molar-refractivity contribution in [1.82, 2.24) is 4.31 Å². The second-order valence-corrected chi connectivity index (χ2v) is 8.51. The minimum absolute atomic E-state index is 0.0189. The van der Waals surface area contributed by atoms with Crippen LogP contribution in [0, 0.1) is 17.0 Å². The molecule has 11 heteroatoms. The van der Waals surface area contributed by atoms with E-state index < -0.39 is 32.8 Å². The molecule has 1 fully saturated rings. The summed E-state index contributed by atoms with van der Waals surface area (Å²) in [5.74, 6) is -1.37. The van der Waals surface area contributed by atoms with Crippen LogP contribution in [0.1, 0.15) is 18.4 Å². The average molecular weight is 433 g/mol. The molecule has 1 N–H and O–H groups in total. The van der Waals surface area contributed by atoms with Crippen molar-refractivity contribution in [2.75, 3.05) is 12.4 Å². The van der Waals surface area contributed by atoms with Gasteiger partial charge in [0.15, 0.2) is 0 Å². The van der Waals surface area contributed by atoms with E-state index in [4.69, 9.17) is 4.74 Å². The number of nitrogens with one attached hydrogen (secondary N) is 1. The van der Waals surface area contributed by atoms with Crippen LogP contribution >= 0.6 is 0 Å². The molecule has 1 aliphatic rings. The highest BCUT2D eigenvalue weighted by Gasteiger charge is 2.44. The number of nitro groups is 1. The summed E-state index contributed by atoms with van der Waals surface area (Å²) in [7, 11) is -2.94. The van der Waals surface area contributed by atoms with Crippen LogP contribution in [0.5, 0.6) is 5.75 Å². The van der Waals surface area contributed by atoms with Gasteiger partial charge in [0, 0.05) is 12.5 Å². The molecule has 0 bridgehead atoms. The normalized spacial score (nSPS) is 16.4. The van der Waals surface area contributed by atoms with Crippen LogP contribution in [0.15, 0.2) is 47.4 Å². The van der Waals surface area contributed by atoms with Crippen molar-refractivity contribution in [3.63, 3.8) is 0 Å². The lowest BCUT2D eigenvalue weighted by molar-refractivity contribution is -0.384. The molecule has 1 heterocycles. The molecule has 2 amide bonds. The van der Waals surface area contributed by atoms with Crippen LogP contribution in [-0.4, -0.2) is 42.6 Å². The number of methoxy groups -OCH3 is 1. The maximum absolute atomic E-state index is 13.0. The third kappa shape index (κ3) is 3.96. The van der Waals surface area contributed by atoms with Crippen molar-refractivity contribution >= 4 is 33.2 Å². The molecule has 1 aliphatic heterocycles. The van der Waals surface area contributed by atoms with Crippen LogP contribution in [0.2, 0.25) is 0 Å². The van der Waals surface area contributed by atoms with Crippen molar-refractivity contribution in [3.05, 3.63) is 58.1 Å². The first-order valence-electron chi connectivity index (χ1n) is 8.92. The summed E-state index contributed by atoms with van der Waals surface area (Å²) >= 11 is 0. The number of nitrogens with zero attached hydrogens (tertiary/aromatic N) is 2. The molecule has 30 heavy (non-hydrogen) atoms. The van der Waals surface area contributed by atoms with Crippen molar-refractivity contribution in [3.8, 4) is 5.75 Å². The maximum atomic E-state index is 13.0. The molecular formula is C19H19N3O7S. The number of rotatable bonds is 6. The summed E-state index contributed by atoms with van der Waals surface area (Å²) < 4.78 is 31.7. The first-order chi connectivity index (χ1) is 14.1. The summed E-state index contributed by atoms with van der Waals surface area (Å²) in [4.78, 5) is 35.4. The second-order valence-electron chi connectivity index (χ2n) is 6.69.